The van der Waals surface area contributed by atoms with Crippen LogP contribution in [0.2, 0.25) is 0 Å². The van der Waals surface area contributed by atoms with Gasteiger partial charge in [-0.2, -0.15) is 0 Å². The van der Waals surface area contributed by atoms with Gasteiger partial charge in [-0.3, -0.25) is 4.98 Å². The van der Waals surface area contributed by atoms with E-state index >= 15 is 0 Å². The van der Waals surface area contributed by atoms with Gasteiger partial charge < -0.3 is 10.5 Å². The van der Waals surface area contributed by atoms with E-state index in [-0.39, 0.29) is 0 Å². The van der Waals surface area contributed by atoms with Crippen molar-refractivity contribution in [1.82, 2.24) is 4.98 Å². The Morgan fingerprint density at radius 2 is 1.71 bits per heavy atom. The molecule has 3 aromatic rings. The fraction of sp³-hybridized carbons (Fsp3) is 0.174. The average Bonchev–Trinajstić information content (AvgIpc) is 2.77. The van der Waals surface area contributed by atoms with Crippen LogP contribution in [-0.2, 0) is 0 Å². The van der Waals surface area contributed by atoms with Gasteiger partial charge in [0.05, 0.1) is 12.8 Å². The van der Waals surface area contributed by atoms with E-state index in [1.54, 1.807) is 19.5 Å². The van der Waals surface area contributed by atoms with Gasteiger partial charge in [-0.25, -0.2) is 9.98 Å². The highest BCUT2D eigenvalue weighted by atomic mass is 16.5. The van der Waals surface area contributed by atoms with Crippen molar-refractivity contribution in [2.45, 2.75) is 13.8 Å². The van der Waals surface area contributed by atoms with Crippen LogP contribution in [0.3, 0.4) is 0 Å². The number of rotatable bonds is 4. The summed E-state index contributed by atoms with van der Waals surface area (Å²) in [4.78, 5) is 12.9. The normalized spacial score (nSPS) is 10.7. The Balaban J connectivity index is 0.00000136. The Morgan fingerprint density at radius 1 is 1.00 bits per heavy atom. The lowest BCUT2D eigenvalue weighted by molar-refractivity contribution is 0.415. The van der Waals surface area contributed by atoms with E-state index in [1.165, 1.54) is 18.2 Å². The summed E-state index contributed by atoms with van der Waals surface area (Å²) in [6.07, 6.45) is 3.46. The Morgan fingerprint density at radius 3 is 2.29 bits per heavy atom. The van der Waals surface area contributed by atoms with Gasteiger partial charge in [0.25, 0.3) is 0 Å². The molecule has 0 fully saturated rings. The summed E-state index contributed by atoms with van der Waals surface area (Å²) in [5, 5.41) is 0. The quantitative estimate of drug-likeness (QED) is 0.530. The number of methoxy groups -OCH3 is 1. The molecule has 5 nitrogen and oxygen atoms in total. The molecule has 0 unspecified atom stereocenters. The van der Waals surface area contributed by atoms with Crippen LogP contribution < -0.4 is 10.5 Å². The molecule has 0 radical (unpaired) electrons. The first-order valence-corrected chi connectivity index (χ1v) is 8.92. The molecule has 0 saturated carbocycles. The summed E-state index contributed by atoms with van der Waals surface area (Å²) in [7, 11) is 3.17. The molecule has 0 aliphatic rings. The van der Waals surface area contributed by atoms with E-state index in [4.69, 9.17) is 9.73 Å². The van der Waals surface area contributed by atoms with E-state index in [9.17, 15) is 0 Å². The monoisotopic (exact) mass is 374 g/mol. The van der Waals surface area contributed by atoms with Crippen molar-refractivity contribution >= 4 is 18.2 Å². The predicted molar refractivity (Wildman–Crippen MR) is 118 cm³/mol. The van der Waals surface area contributed by atoms with Gasteiger partial charge >= 0.3 is 0 Å². The lowest BCUT2D eigenvalue weighted by Gasteiger charge is -2.12. The molecule has 1 aromatic heterocycles. The molecule has 0 bridgehead atoms. The molecule has 1 heterocycles. The number of ether oxygens (including phenoxy) is 1. The van der Waals surface area contributed by atoms with E-state index < -0.39 is 0 Å². The summed E-state index contributed by atoms with van der Waals surface area (Å²) in [6.45, 7) is 7.83. The molecule has 0 spiro atoms. The zero-order chi connectivity index (χ0) is 20.5. The Kier molecular flexibility index (Phi) is 7.60. The number of hydrogen-bond donors (Lipinski definition) is 1. The molecule has 0 aliphatic heterocycles. The fourth-order valence-corrected chi connectivity index (χ4v) is 2.81. The number of amidine groups is 1. The molecular weight excluding hydrogens is 348 g/mol. The Bertz CT molecular complexity index is 948. The van der Waals surface area contributed by atoms with Crippen molar-refractivity contribution in [3.63, 3.8) is 0 Å². The molecule has 28 heavy (non-hydrogen) atoms. The summed E-state index contributed by atoms with van der Waals surface area (Å²) in [6, 6.07) is 16.0. The van der Waals surface area contributed by atoms with Crippen LogP contribution in [0, 0.1) is 13.8 Å². The summed E-state index contributed by atoms with van der Waals surface area (Å²) >= 11 is 0. The SMILES string of the molecule is C=NC(=Nc1ccc(-c2ccc(OC)cc2)c(C)c1C)c1cccnc1.CN. The molecule has 3 rings (SSSR count). The second-order valence-corrected chi connectivity index (χ2v) is 5.95. The van der Waals surface area contributed by atoms with Gasteiger partial charge in [-0.1, -0.05) is 18.2 Å². The largest absolute Gasteiger partial charge is 0.497 e. The third-order valence-corrected chi connectivity index (χ3v) is 4.46. The highest BCUT2D eigenvalue weighted by Gasteiger charge is 2.10. The number of benzene rings is 2. The predicted octanol–water partition coefficient (Wildman–Crippen LogP) is 4.73. The molecule has 2 aromatic carbocycles. The van der Waals surface area contributed by atoms with E-state index in [2.05, 4.69) is 54.5 Å². The Labute approximate surface area is 166 Å². The van der Waals surface area contributed by atoms with Crippen LogP contribution >= 0.6 is 0 Å². The third kappa shape index (κ3) is 4.69. The zero-order valence-corrected chi connectivity index (χ0v) is 16.8. The van der Waals surface area contributed by atoms with Crippen LogP contribution in [0.15, 0.2) is 70.9 Å². The number of nitrogens with two attached hydrogens (primary N) is 1. The highest BCUT2D eigenvalue weighted by Crippen LogP contribution is 2.32. The van der Waals surface area contributed by atoms with Crippen molar-refractivity contribution in [2.24, 2.45) is 15.7 Å². The maximum absolute atomic E-state index is 5.24. The maximum atomic E-state index is 5.24. The molecular formula is C23H26N4O. The molecule has 0 aliphatic carbocycles. The molecule has 0 atom stereocenters. The number of aromatic nitrogens is 1. The molecule has 144 valence electrons. The minimum absolute atomic E-state index is 0.567. The number of aliphatic imine (C=N–C) groups is 2. The van der Waals surface area contributed by atoms with Crippen LogP contribution in [-0.4, -0.2) is 31.7 Å². The van der Waals surface area contributed by atoms with Crippen LogP contribution in [0.4, 0.5) is 5.69 Å². The van der Waals surface area contributed by atoms with Crippen molar-refractivity contribution in [3.8, 4) is 16.9 Å². The minimum Gasteiger partial charge on any atom is -0.497 e. The molecule has 2 N–H and O–H groups in total. The summed E-state index contributed by atoms with van der Waals surface area (Å²) < 4.78 is 5.24. The number of hydrogen-bond acceptors (Lipinski definition) is 4. The standard InChI is InChI=1S/C22H21N3O.CH5N/c1-15-16(2)21(25-22(23-3)18-6-5-13-24-14-18)12-11-20(15)17-7-9-19(26-4)10-8-17;1-2/h5-14H,3H2,1-2,4H3;2H2,1H3. The summed E-state index contributed by atoms with van der Waals surface area (Å²) in [5.41, 5.74) is 10.9. The maximum Gasteiger partial charge on any atom is 0.160 e. The zero-order valence-electron chi connectivity index (χ0n) is 16.8. The first kappa shape index (κ1) is 21.0. The lowest BCUT2D eigenvalue weighted by atomic mass is 9.96. The number of nitrogens with zero attached hydrogens (tertiary/aromatic N) is 3. The lowest BCUT2D eigenvalue weighted by Crippen LogP contribution is -1.97. The Hall–Kier alpha value is -3.31. The van der Waals surface area contributed by atoms with Gasteiger partial charge in [0.1, 0.15) is 5.75 Å². The molecule has 5 heteroatoms. The van der Waals surface area contributed by atoms with Crippen molar-refractivity contribution < 1.29 is 4.74 Å². The smallest absolute Gasteiger partial charge is 0.160 e. The van der Waals surface area contributed by atoms with Gasteiger partial charge in [0.15, 0.2) is 5.84 Å². The van der Waals surface area contributed by atoms with Crippen LogP contribution in [0.25, 0.3) is 11.1 Å². The fourth-order valence-electron chi connectivity index (χ4n) is 2.81. The highest BCUT2D eigenvalue weighted by molar-refractivity contribution is 6.02. The van der Waals surface area contributed by atoms with E-state index in [0.29, 0.717) is 5.84 Å². The molecule has 0 amide bonds. The van der Waals surface area contributed by atoms with Crippen molar-refractivity contribution in [1.29, 1.82) is 0 Å². The van der Waals surface area contributed by atoms with Crippen molar-refractivity contribution in [2.75, 3.05) is 14.2 Å². The number of pyridine rings is 1. The van der Waals surface area contributed by atoms with Gasteiger partial charge in [0, 0.05) is 18.0 Å². The van der Waals surface area contributed by atoms with Gasteiger partial charge in [-0.05, 0) is 80.2 Å². The van der Waals surface area contributed by atoms with Gasteiger partial charge in [0.2, 0.25) is 0 Å². The third-order valence-electron chi connectivity index (χ3n) is 4.46. The summed E-state index contributed by atoms with van der Waals surface area (Å²) in [5.74, 6) is 1.42. The van der Waals surface area contributed by atoms with Crippen molar-refractivity contribution in [3.05, 3.63) is 77.6 Å². The molecule has 0 saturated heterocycles. The van der Waals surface area contributed by atoms with Crippen LogP contribution in [0.1, 0.15) is 16.7 Å². The van der Waals surface area contributed by atoms with E-state index in [0.717, 1.165) is 28.1 Å². The van der Waals surface area contributed by atoms with E-state index in [1.807, 2.05) is 30.3 Å². The minimum atomic E-state index is 0.567. The first-order chi connectivity index (χ1) is 13.6. The second-order valence-electron chi connectivity index (χ2n) is 5.95. The van der Waals surface area contributed by atoms with Gasteiger partial charge in [-0.15, -0.1) is 0 Å². The van der Waals surface area contributed by atoms with Crippen LogP contribution in [0.5, 0.6) is 5.75 Å². The second kappa shape index (κ2) is 10.1. The first-order valence-electron chi connectivity index (χ1n) is 8.92. The topological polar surface area (TPSA) is 72.9 Å². The average molecular weight is 374 g/mol.